The summed E-state index contributed by atoms with van der Waals surface area (Å²) in [6.07, 6.45) is -0.780. The molecule has 2 nitrogen and oxygen atoms in total. The molecule has 1 atom stereocenters. The van der Waals surface area contributed by atoms with E-state index in [-0.39, 0.29) is 0 Å². The predicted octanol–water partition coefficient (Wildman–Crippen LogP) is 4.48. The van der Waals surface area contributed by atoms with Crippen LogP contribution in [0.2, 0.25) is 5.02 Å². The Morgan fingerprint density at radius 1 is 1.05 bits per heavy atom. The molecule has 1 unspecified atom stereocenters. The topological polar surface area (TPSA) is 33.4 Å². The molecule has 96 valence electrons. The van der Waals surface area contributed by atoms with Crippen LogP contribution in [0.3, 0.4) is 0 Å². The fraction of sp³-hybridized carbons (Fsp3) is 0.125. The lowest BCUT2D eigenvalue weighted by Crippen LogP contribution is -2.01. The number of aliphatic hydroxyl groups excluding tert-OH is 1. The van der Waals surface area contributed by atoms with Crippen molar-refractivity contribution in [2.24, 2.45) is 0 Å². The van der Waals surface area contributed by atoms with Gasteiger partial charge in [0.25, 0.3) is 0 Å². The Morgan fingerprint density at radius 3 is 2.53 bits per heavy atom. The molecule has 2 aromatic carbocycles. The molecule has 3 aromatic rings. The summed E-state index contributed by atoms with van der Waals surface area (Å²) in [6, 6.07) is 15.0. The third-order valence-electron chi connectivity index (χ3n) is 3.29. The summed E-state index contributed by atoms with van der Waals surface area (Å²) in [7, 11) is 0. The monoisotopic (exact) mass is 272 g/mol. The number of aliphatic hydroxyl groups is 1. The number of halogens is 1. The molecule has 0 radical (unpaired) electrons. The lowest BCUT2D eigenvalue weighted by molar-refractivity contribution is 0.219. The van der Waals surface area contributed by atoms with Gasteiger partial charge >= 0.3 is 0 Å². The molecule has 3 rings (SSSR count). The van der Waals surface area contributed by atoms with Gasteiger partial charge < -0.3 is 9.52 Å². The van der Waals surface area contributed by atoms with Gasteiger partial charge in [0, 0.05) is 21.5 Å². The molecule has 1 aromatic heterocycles. The average Bonchev–Trinajstić information content (AvgIpc) is 2.74. The zero-order valence-corrected chi connectivity index (χ0v) is 11.2. The predicted molar refractivity (Wildman–Crippen MR) is 76.5 cm³/mol. The van der Waals surface area contributed by atoms with E-state index in [0.29, 0.717) is 16.3 Å². The first-order chi connectivity index (χ1) is 9.18. The number of fused-ring (bicyclic) bond motifs is 1. The van der Waals surface area contributed by atoms with Crippen molar-refractivity contribution in [2.75, 3.05) is 0 Å². The van der Waals surface area contributed by atoms with Gasteiger partial charge in [0.2, 0.25) is 0 Å². The molecule has 0 fully saturated rings. The molecule has 0 amide bonds. The van der Waals surface area contributed by atoms with Crippen LogP contribution in [0, 0.1) is 6.92 Å². The molecule has 1 heterocycles. The fourth-order valence-electron chi connectivity index (χ4n) is 2.38. The lowest BCUT2D eigenvalue weighted by Gasteiger charge is -2.12. The number of aryl methyl sites for hydroxylation is 1. The molecule has 0 aliphatic carbocycles. The van der Waals surface area contributed by atoms with Crippen LogP contribution in [0.4, 0.5) is 0 Å². The van der Waals surface area contributed by atoms with Crippen LogP contribution in [0.15, 0.2) is 52.9 Å². The van der Waals surface area contributed by atoms with Crippen molar-refractivity contribution in [1.29, 1.82) is 0 Å². The standard InChI is InChI=1S/C16H13ClO2/c1-10-15(12-7-3-5-9-14(12)19-10)16(18)11-6-2-4-8-13(11)17/h2-9,16,18H,1H3. The Labute approximate surface area is 116 Å². The maximum Gasteiger partial charge on any atom is 0.134 e. The summed E-state index contributed by atoms with van der Waals surface area (Å²) >= 11 is 6.15. The van der Waals surface area contributed by atoms with Crippen LogP contribution in [-0.4, -0.2) is 5.11 Å². The second-order valence-electron chi connectivity index (χ2n) is 4.49. The van der Waals surface area contributed by atoms with Gasteiger partial charge in [0.15, 0.2) is 0 Å². The number of furan rings is 1. The summed E-state index contributed by atoms with van der Waals surface area (Å²) in [5.41, 5.74) is 2.25. The Balaban J connectivity index is 2.19. The molecular weight excluding hydrogens is 260 g/mol. The largest absolute Gasteiger partial charge is 0.461 e. The van der Waals surface area contributed by atoms with Crippen molar-refractivity contribution >= 4 is 22.6 Å². The molecule has 0 aliphatic heterocycles. The number of benzene rings is 2. The van der Waals surface area contributed by atoms with E-state index >= 15 is 0 Å². The Bertz CT molecular complexity index is 730. The summed E-state index contributed by atoms with van der Waals surface area (Å²) < 4.78 is 5.68. The smallest absolute Gasteiger partial charge is 0.134 e. The summed E-state index contributed by atoms with van der Waals surface area (Å²) in [5, 5.41) is 12.1. The highest BCUT2D eigenvalue weighted by molar-refractivity contribution is 6.31. The van der Waals surface area contributed by atoms with E-state index in [0.717, 1.165) is 16.5 Å². The molecule has 0 spiro atoms. The van der Waals surface area contributed by atoms with E-state index in [1.54, 1.807) is 6.07 Å². The van der Waals surface area contributed by atoms with Gasteiger partial charge in [-0.25, -0.2) is 0 Å². The Morgan fingerprint density at radius 2 is 1.74 bits per heavy atom. The van der Waals surface area contributed by atoms with Crippen LogP contribution in [-0.2, 0) is 0 Å². The number of para-hydroxylation sites is 1. The van der Waals surface area contributed by atoms with Gasteiger partial charge in [-0.15, -0.1) is 0 Å². The van der Waals surface area contributed by atoms with E-state index < -0.39 is 6.10 Å². The van der Waals surface area contributed by atoms with Crippen LogP contribution in [0.25, 0.3) is 11.0 Å². The van der Waals surface area contributed by atoms with Crippen LogP contribution >= 0.6 is 11.6 Å². The molecule has 0 saturated carbocycles. The van der Waals surface area contributed by atoms with Crippen LogP contribution in [0.5, 0.6) is 0 Å². The minimum atomic E-state index is -0.780. The normalized spacial score (nSPS) is 12.8. The second-order valence-corrected chi connectivity index (χ2v) is 4.90. The van der Waals surface area contributed by atoms with Gasteiger partial charge in [-0.05, 0) is 19.1 Å². The third-order valence-corrected chi connectivity index (χ3v) is 3.64. The van der Waals surface area contributed by atoms with Gasteiger partial charge in [0.1, 0.15) is 17.4 Å². The summed E-state index contributed by atoms with van der Waals surface area (Å²) in [6.45, 7) is 1.86. The highest BCUT2D eigenvalue weighted by atomic mass is 35.5. The van der Waals surface area contributed by atoms with Gasteiger partial charge in [-0.3, -0.25) is 0 Å². The first kappa shape index (κ1) is 12.3. The van der Waals surface area contributed by atoms with Gasteiger partial charge in [0.05, 0.1) is 0 Å². The maximum atomic E-state index is 10.6. The van der Waals surface area contributed by atoms with E-state index in [1.807, 2.05) is 49.4 Å². The first-order valence-electron chi connectivity index (χ1n) is 6.09. The molecule has 0 saturated heterocycles. The quantitative estimate of drug-likeness (QED) is 0.746. The zero-order chi connectivity index (χ0) is 13.4. The number of hydrogen-bond donors (Lipinski definition) is 1. The van der Waals surface area contributed by atoms with Crippen molar-refractivity contribution in [3.05, 3.63) is 70.4 Å². The van der Waals surface area contributed by atoms with Gasteiger partial charge in [-0.2, -0.15) is 0 Å². The molecule has 1 N–H and O–H groups in total. The highest BCUT2D eigenvalue weighted by Crippen LogP contribution is 2.36. The Hall–Kier alpha value is -1.77. The fourth-order valence-corrected chi connectivity index (χ4v) is 2.62. The maximum absolute atomic E-state index is 10.6. The third kappa shape index (κ3) is 2.03. The van der Waals surface area contributed by atoms with Crippen molar-refractivity contribution in [3.8, 4) is 0 Å². The van der Waals surface area contributed by atoms with E-state index in [1.165, 1.54) is 0 Å². The van der Waals surface area contributed by atoms with E-state index in [9.17, 15) is 5.11 Å². The summed E-state index contributed by atoms with van der Waals surface area (Å²) in [4.78, 5) is 0. The zero-order valence-electron chi connectivity index (χ0n) is 10.4. The SMILES string of the molecule is Cc1oc2ccccc2c1C(O)c1ccccc1Cl. The van der Waals surface area contributed by atoms with Crippen molar-refractivity contribution < 1.29 is 9.52 Å². The molecule has 0 aliphatic rings. The summed E-state index contributed by atoms with van der Waals surface area (Å²) in [5.74, 6) is 0.716. The lowest BCUT2D eigenvalue weighted by atomic mass is 9.99. The van der Waals surface area contributed by atoms with Crippen LogP contribution in [0.1, 0.15) is 23.0 Å². The van der Waals surface area contributed by atoms with Crippen molar-refractivity contribution in [3.63, 3.8) is 0 Å². The highest BCUT2D eigenvalue weighted by Gasteiger charge is 2.21. The average molecular weight is 273 g/mol. The minimum absolute atomic E-state index is 0.555. The molecule has 0 bridgehead atoms. The Kier molecular flexibility index (Phi) is 3.05. The molecule has 3 heteroatoms. The van der Waals surface area contributed by atoms with Crippen molar-refractivity contribution in [2.45, 2.75) is 13.0 Å². The van der Waals surface area contributed by atoms with Crippen molar-refractivity contribution in [1.82, 2.24) is 0 Å². The number of hydrogen-bond acceptors (Lipinski definition) is 2. The first-order valence-corrected chi connectivity index (χ1v) is 6.47. The van der Waals surface area contributed by atoms with Gasteiger partial charge in [-0.1, -0.05) is 48.0 Å². The molecular formula is C16H13ClO2. The second kappa shape index (κ2) is 4.72. The number of rotatable bonds is 2. The van der Waals surface area contributed by atoms with E-state index in [4.69, 9.17) is 16.0 Å². The van der Waals surface area contributed by atoms with Crippen LogP contribution < -0.4 is 0 Å². The van der Waals surface area contributed by atoms with E-state index in [2.05, 4.69) is 0 Å². The molecule has 19 heavy (non-hydrogen) atoms. The minimum Gasteiger partial charge on any atom is -0.461 e.